The number of guanidine groups is 1. The molecule has 0 radical (unpaired) electrons. The molecule has 1 amide bonds. The lowest BCUT2D eigenvalue weighted by Gasteiger charge is -2.27. The molecule has 2 aromatic carbocycles. The highest BCUT2D eigenvalue weighted by molar-refractivity contribution is 6.09. The molecule has 170 valence electrons. The molecule has 0 fully saturated rings. The van der Waals surface area contributed by atoms with E-state index in [0.29, 0.717) is 47.0 Å². The minimum absolute atomic E-state index is 0.0878. The third-order valence-electron chi connectivity index (χ3n) is 5.55. The number of hydrogen-bond acceptors (Lipinski definition) is 6. The van der Waals surface area contributed by atoms with Gasteiger partial charge in [-0.1, -0.05) is 24.3 Å². The predicted molar refractivity (Wildman–Crippen MR) is 124 cm³/mol. The Morgan fingerprint density at radius 1 is 1.00 bits per heavy atom. The van der Waals surface area contributed by atoms with Gasteiger partial charge in [0.05, 0.1) is 13.2 Å². The lowest BCUT2D eigenvalue weighted by Crippen LogP contribution is -2.41. The second-order valence-electron chi connectivity index (χ2n) is 7.49. The quantitative estimate of drug-likeness (QED) is 0.557. The zero-order valence-corrected chi connectivity index (χ0v) is 18.7. The van der Waals surface area contributed by atoms with Crippen LogP contribution in [0.5, 0.6) is 11.5 Å². The molecule has 1 atom stereocenters. The fourth-order valence-electron chi connectivity index (χ4n) is 3.97. The molecule has 4 rings (SSSR count). The van der Waals surface area contributed by atoms with Crippen LogP contribution in [0.1, 0.15) is 25.0 Å². The average Bonchev–Trinajstić information content (AvgIpc) is 3.06. The summed E-state index contributed by atoms with van der Waals surface area (Å²) in [5.74, 6) is 0.239. The molecule has 7 nitrogen and oxygen atoms in total. The molecule has 3 aromatic rings. The molecule has 0 saturated carbocycles. The van der Waals surface area contributed by atoms with Crippen molar-refractivity contribution in [3.8, 4) is 22.6 Å². The predicted octanol–water partition coefficient (Wildman–Crippen LogP) is 3.72. The highest BCUT2D eigenvalue weighted by atomic mass is 19.1. The second kappa shape index (κ2) is 8.90. The smallest absolute Gasteiger partial charge is 0.266 e. The molecule has 0 saturated heterocycles. The van der Waals surface area contributed by atoms with E-state index in [1.165, 1.54) is 11.1 Å². The average molecular weight is 448 g/mol. The highest BCUT2D eigenvalue weighted by Gasteiger charge is 2.50. The summed E-state index contributed by atoms with van der Waals surface area (Å²) in [6.45, 7) is 4.64. The van der Waals surface area contributed by atoms with Crippen molar-refractivity contribution in [2.75, 3.05) is 20.3 Å². The van der Waals surface area contributed by atoms with Crippen LogP contribution in [0.25, 0.3) is 11.1 Å². The van der Waals surface area contributed by atoms with E-state index >= 15 is 0 Å². The number of carbonyl (C=O) groups excluding carboxylic acids is 1. The molecule has 2 heterocycles. The zero-order chi connectivity index (χ0) is 23.6. The maximum atomic E-state index is 14.4. The minimum Gasteiger partial charge on any atom is -0.490 e. The number of pyridine rings is 1. The fraction of sp³-hybridized carbons (Fsp3) is 0.240. The second-order valence-corrected chi connectivity index (χ2v) is 7.49. The van der Waals surface area contributed by atoms with E-state index in [-0.39, 0.29) is 11.9 Å². The normalized spacial score (nSPS) is 17.8. The van der Waals surface area contributed by atoms with Crippen molar-refractivity contribution in [2.24, 2.45) is 10.7 Å². The summed E-state index contributed by atoms with van der Waals surface area (Å²) in [7, 11) is 1.57. The van der Waals surface area contributed by atoms with Gasteiger partial charge in [-0.3, -0.25) is 9.69 Å². The highest BCUT2D eigenvalue weighted by Crippen LogP contribution is 2.43. The largest absolute Gasteiger partial charge is 0.490 e. The monoisotopic (exact) mass is 448 g/mol. The van der Waals surface area contributed by atoms with E-state index in [0.717, 1.165) is 0 Å². The van der Waals surface area contributed by atoms with Crippen molar-refractivity contribution in [3.05, 3.63) is 77.9 Å². The number of halogens is 1. The maximum Gasteiger partial charge on any atom is 0.266 e. The van der Waals surface area contributed by atoms with Gasteiger partial charge in [0.1, 0.15) is 0 Å². The Morgan fingerprint density at radius 2 is 1.73 bits per heavy atom. The van der Waals surface area contributed by atoms with Crippen molar-refractivity contribution in [1.29, 1.82) is 0 Å². The first-order chi connectivity index (χ1) is 15.9. The van der Waals surface area contributed by atoms with Crippen LogP contribution in [-0.2, 0) is 10.3 Å². The number of carbonyl (C=O) groups is 1. The topological polar surface area (TPSA) is 90.0 Å². The van der Waals surface area contributed by atoms with Gasteiger partial charge in [-0.25, -0.2) is 9.98 Å². The number of nitrogens with zero attached hydrogens (tertiary/aromatic N) is 3. The molecular formula is C25H25FN4O3. The maximum absolute atomic E-state index is 14.4. The van der Waals surface area contributed by atoms with Crippen molar-refractivity contribution in [2.45, 2.75) is 19.4 Å². The summed E-state index contributed by atoms with van der Waals surface area (Å²) in [5, 5.41) is 0. The number of hydrogen-bond donors (Lipinski definition) is 1. The van der Waals surface area contributed by atoms with Gasteiger partial charge in [0.25, 0.3) is 5.91 Å². The van der Waals surface area contributed by atoms with Gasteiger partial charge in [0, 0.05) is 18.8 Å². The van der Waals surface area contributed by atoms with Crippen LogP contribution in [0.4, 0.5) is 4.39 Å². The van der Waals surface area contributed by atoms with E-state index < -0.39 is 11.5 Å². The molecule has 8 heteroatoms. The molecule has 1 aromatic heterocycles. The lowest BCUT2D eigenvalue weighted by atomic mass is 9.81. The van der Waals surface area contributed by atoms with Gasteiger partial charge < -0.3 is 15.2 Å². The third kappa shape index (κ3) is 3.77. The van der Waals surface area contributed by atoms with Crippen molar-refractivity contribution < 1.29 is 18.7 Å². The van der Waals surface area contributed by atoms with Crippen LogP contribution in [0.3, 0.4) is 0 Å². The fourth-order valence-corrected chi connectivity index (χ4v) is 3.97. The van der Waals surface area contributed by atoms with Crippen LogP contribution in [0.2, 0.25) is 0 Å². The molecule has 0 bridgehead atoms. The first-order valence-corrected chi connectivity index (χ1v) is 10.7. The molecule has 2 N–H and O–H groups in total. The van der Waals surface area contributed by atoms with E-state index in [9.17, 15) is 9.18 Å². The van der Waals surface area contributed by atoms with Crippen molar-refractivity contribution >= 4 is 11.9 Å². The summed E-state index contributed by atoms with van der Waals surface area (Å²) in [6, 6.07) is 15.6. The minimum atomic E-state index is -1.45. The van der Waals surface area contributed by atoms with Crippen LogP contribution < -0.4 is 15.2 Å². The van der Waals surface area contributed by atoms with Gasteiger partial charge in [-0.05, 0) is 60.9 Å². The van der Waals surface area contributed by atoms with E-state index in [4.69, 9.17) is 15.2 Å². The van der Waals surface area contributed by atoms with Gasteiger partial charge >= 0.3 is 0 Å². The van der Waals surface area contributed by atoms with E-state index in [1.54, 1.807) is 61.6 Å². The summed E-state index contributed by atoms with van der Waals surface area (Å²) >= 11 is 0. The Labute approximate surface area is 191 Å². The molecule has 33 heavy (non-hydrogen) atoms. The SMILES string of the molecule is CCOc1ccc([C@]2(c3cccc(-c4cccnc4F)c3)N=C(N)N(C)C2=O)cc1OCC. The Morgan fingerprint density at radius 3 is 2.39 bits per heavy atom. The van der Waals surface area contributed by atoms with Crippen LogP contribution in [0, 0.1) is 5.95 Å². The Kier molecular flexibility index (Phi) is 6.00. The number of nitrogens with two attached hydrogens (primary N) is 1. The van der Waals surface area contributed by atoms with Crippen LogP contribution in [-0.4, -0.2) is 42.0 Å². The van der Waals surface area contributed by atoms with Crippen LogP contribution in [0.15, 0.2) is 65.8 Å². The van der Waals surface area contributed by atoms with Crippen LogP contribution >= 0.6 is 0 Å². The number of aromatic nitrogens is 1. The first kappa shape index (κ1) is 22.3. The summed E-state index contributed by atoms with van der Waals surface area (Å²) in [5.41, 5.74) is 6.65. The Balaban J connectivity index is 1.93. The number of amides is 1. The van der Waals surface area contributed by atoms with E-state index in [1.807, 2.05) is 13.8 Å². The number of rotatable bonds is 7. The molecule has 0 aliphatic carbocycles. The number of likely N-dealkylation sites (N-methyl/N-ethyl adjacent to an activating group) is 1. The Bertz CT molecular complexity index is 1230. The number of aliphatic imine (C=N–C) groups is 1. The molecule has 0 spiro atoms. The third-order valence-corrected chi connectivity index (χ3v) is 5.55. The van der Waals surface area contributed by atoms with Gasteiger partial charge in [0.2, 0.25) is 5.95 Å². The summed E-state index contributed by atoms with van der Waals surface area (Å²) in [4.78, 5) is 23.3. The summed E-state index contributed by atoms with van der Waals surface area (Å²) < 4.78 is 25.9. The molecule has 1 aliphatic heterocycles. The lowest BCUT2D eigenvalue weighted by molar-refractivity contribution is -0.129. The molecule has 1 aliphatic rings. The standard InChI is InChI=1S/C25H25FN4O3/c1-4-32-20-12-11-18(15-21(20)33-5-2)25(23(31)30(3)24(27)29-25)17-9-6-8-16(14-17)19-10-7-13-28-22(19)26/h6-15H,4-5H2,1-3H3,(H2,27,29)/t25-/m0/s1. The molecule has 0 unspecified atom stereocenters. The van der Waals surface area contributed by atoms with Crippen molar-refractivity contribution in [3.63, 3.8) is 0 Å². The van der Waals surface area contributed by atoms with Crippen molar-refractivity contribution in [1.82, 2.24) is 9.88 Å². The summed E-state index contributed by atoms with van der Waals surface area (Å²) in [6.07, 6.45) is 1.39. The zero-order valence-electron chi connectivity index (χ0n) is 18.7. The molecular weight excluding hydrogens is 423 g/mol. The Hall–Kier alpha value is -3.94. The van der Waals surface area contributed by atoms with Gasteiger partial charge in [-0.15, -0.1) is 0 Å². The van der Waals surface area contributed by atoms with E-state index in [2.05, 4.69) is 9.98 Å². The van der Waals surface area contributed by atoms with Gasteiger partial charge in [0.15, 0.2) is 23.0 Å². The first-order valence-electron chi connectivity index (χ1n) is 10.7. The number of benzene rings is 2. The number of ether oxygens (including phenoxy) is 2. The van der Waals surface area contributed by atoms with Gasteiger partial charge in [-0.2, -0.15) is 4.39 Å².